The second-order valence-electron chi connectivity index (χ2n) is 4.64. The van der Waals surface area contributed by atoms with Crippen molar-refractivity contribution in [1.82, 2.24) is 5.32 Å². The second kappa shape index (κ2) is 6.86. The number of ether oxygens (including phenoxy) is 1. The Kier molecular flexibility index (Phi) is 5.15. The van der Waals surface area contributed by atoms with Crippen LogP contribution >= 0.6 is 15.9 Å². The summed E-state index contributed by atoms with van der Waals surface area (Å²) in [5, 5.41) is 3.11. The van der Waals surface area contributed by atoms with Crippen LogP contribution in [0.25, 0.3) is 0 Å². The highest BCUT2D eigenvalue weighted by Gasteiger charge is 2.04. The van der Waals surface area contributed by atoms with Crippen molar-refractivity contribution in [2.45, 2.75) is 20.1 Å². The number of hydrogen-bond acceptors (Lipinski definition) is 2. The molecule has 0 radical (unpaired) electrons. The average molecular weight is 338 g/mol. The highest BCUT2D eigenvalue weighted by molar-refractivity contribution is 9.10. The Bertz CT molecular complexity index is 601. The lowest BCUT2D eigenvalue weighted by atomic mass is 10.1. The first-order chi connectivity index (χ1) is 9.60. The van der Waals surface area contributed by atoms with Gasteiger partial charge in [0.25, 0.3) is 0 Å². The SMILES string of the molecule is CNCc1cc(OCc2ccc(F)cc2C)ccc1Br. The van der Waals surface area contributed by atoms with Gasteiger partial charge in [-0.15, -0.1) is 0 Å². The maximum Gasteiger partial charge on any atom is 0.123 e. The molecule has 0 unspecified atom stereocenters. The van der Waals surface area contributed by atoms with E-state index < -0.39 is 0 Å². The van der Waals surface area contributed by atoms with Gasteiger partial charge >= 0.3 is 0 Å². The van der Waals surface area contributed by atoms with Gasteiger partial charge in [0.05, 0.1) is 0 Å². The molecule has 0 amide bonds. The van der Waals surface area contributed by atoms with Crippen molar-refractivity contribution in [2.75, 3.05) is 7.05 Å². The molecule has 0 saturated heterocycles. The van der Waals surface area contributed by atoms with Crippen LogP contribution in [-0.4, -0.2) is 7.05 Å². The first-order valence-corrected chi connectivity index (χ1v) is 7.20. The fourth-order valence-electron chi connectivity index (χ4n) is 1.95. The molecule has 0 fully saturated rings. The molecule has 1 N–H and O–H groups in total. The van der Waals surface area contributed by atoms with Gasteiger partial charge in [-0.1, -0.05) is 22.0 Å². The molecule has 0 heterocycles. The minimum atomic E-state index is -0.216. The number of benzene rings is 2. The van der Waals surface area contributed by atoms with Gasteiger partial charge in [0, 0.05) is 11.0 Å². The Balaban J connectivity index is 2.08. The summed E-state index contributed by atoms with van der Waals surface area (Å²) in [6, 6.07) is 10.6. The zero-order chi connectivity index (χ0) is 14.5. The molecule has 2 aromatic rings. The van der Waals surface area contributed by atoms with Crippen molar-refractivity contribution in [3.63, 3.8) is 0 Å². The molecule has 20 heavy (non-hydrogen) atoms. The largest absolute Gasteiger partial charge is 0.489 e. The van der Waals surface area contributed by atoms with Crippen molar-refractivity contribution < 1.29 is 9.13 Å². The van der Waals surface area contributed by atoms with E-state index >= 15 is 0 Å². The zero-order valence-corrected chi connectivity index (χ0v) is 13.1. The van der Waals surface area contributed by atoms with Gasteiger partial charge in [0.2, 0.25) is 0 Å². The van der Waals surface area contributed by atoms with Crippen LogP contribution in [0.15, 0.2) is 40.9 Å². The normalized spacial score (nSPS) is 10.6. The summed E-state index contributed by atoms with van der Waals surface area (Å²) >= 11 is 3.51. The minimum absolute atomic E-state index is 0.216. The molecule has 0 aromatic heterocycles. The number of nitrogens with one attached hydrogen (secondary N) is 1. The molecule has 0 atom stereocenters. The van der Waals surface area contributed by atoms with Gasteiger partial charge in [0.15, 0.2) is 0 Å². The summed E-state index contributed by atoms with van der Waals surface area (Å²) in [6.45, 7) is 3.09. The monoisotopic (exact) mass is 337 g/mol. The van der Waals surface area contributed by atoms with E-state index in [1.807, 2.05) is 32.2 Å². The number of hydrogen-bond donors (Lipinski definition) is 1. The fraction of sp³-hybridized carbons (Fsp3) is 0.250. The van der Waals surface area contributed by atoms with E-state index in [1.165, 1.54) is 12.1 Å². The van der Waals surface area contributed by atoms with Crippen molar-refractivity contribution >= 4 is 15.9 Å². The van der Waals surface area contributed by atoms with E-state index in [1.54, 1.807) is 6.07 Å². The molecule has 0 saturated carbocycles. The summed E-state index contributed by atoms with van der Waals surface area (Å²) in [5.74, 6) is 0.591. The third-order valence-electron chi connectivity index (χ3n) is 3.08. The van der Waals surface area contributed by atoms with E-state index in [2.05, 4.69) is 21.2 Å². The summed E-state index contributed by atoms with van der Waals surface area (Å²) in [6.07, 6.45) is 0. The van der Waals surface area contributed by atoms with E-state index in [0.717, 1.165) is 33.5 Å². The smallest absolute Gasteiger partial charge is 0.123 e. The Morgan fingerprint density at radius 1 is 1.15 bits per heavy atom. The molecular weight excluding hydrogens is 321 g/mol. The predicted octanol–water partition coefficient (Wildman–Crippen LogP) is 4.20. The van der Waals surface area contributed by atoms with Crippen LogP contribution < -0.4 is 10.1 Å². The Morgan fingerprint density at radius 3 is 2.65 bits per heavy atom. The highest BCUT2D eigenvalue weighted by Crippen LogP contribution is 2.23. The van der Waals surface area contributed by atoms with Crippen LogP contribution in [0.2, 0.25) is 0 Å². The van der Waals surface area contributed by atoms with Gasteiger partial charge in [-0.05, 0) is 61.0 Å². The van der Waals surface area contributed by atoms with E-state index in [4.69, 9.17) is 4.74 Å². The molecule has 0 aliphatic carbocycles. The van der Waals surface area contributed by atoms with Crippen LogP contribution in [0.4, 0.5) is 4.39 Å². The second-order valence-corrected chi connectivity index (χ2v) is 5.50. The lowest BCUT2D eigenvalue weighted by Gasteiger charge is -2.11. The first kappa shape index (κ1) is 15.0. The molecule has 2 nitrogen and oxygen atoms in total. The summed E-state index contributed by atoms with van der Waals surface area (Å²) in [4.78, 5) is 0. The van der Waals surface area contributed by atoms with Gasteiger partial charge in [-0.2, -0.15) is 0 Å². The summed E-state index contributed by atoms with van der Waals surface area (Å²) < 4.78 is 19.9. The Labute approximate surface area is 127 Å². The minimum Gasteiger partial charge on any atom is -0.489 e. The third kappa shape index (κ3) is 3.81. The summed E-state index contributed by atoms with van der Waals surface area (Å²) in [7, 11) is 1.90. The standard InChI is InChI=1S/C16H17BrFNO/c1-11-7-14(18)4-3-12(11)10-20-15-5-6-16(17)13(8-15)9-19-2/h3-8,19H,9-10H2,1-2H3. The molecule has 4 heteroatoms. The van der Waals surface area contributed by atoms with Crippen molar-refractivity contribution in [1.29, 1.82) is 0 Å². The van der Waals surface area contributed by atoms with E-state index in [9.17, 15) is 4.39 Å². The highest BCUT2D eigenvalue weighted by atomic mass is 79.9. The number of rotatable bonds is 5. The third-order valence-corrected chi connectivity index (χ3v) is 3.86. The molecule has 2 aromatic carbocycles. The van der Waals surface area contributed by atoms with Crippen molar-refractivity contribution in [3.05, 3.63) is 63.4 Å². The van der Waals surface area contributed by atoms with Crippen LogP contribution in [0.5, 0.6) is 5.75 Å². The van der Waals surface area contributed by atoms with Crippen LogP contribution in [0, 0.1) is 12.7 Å². The quantitative estimate of drug-likeness (QED) is 0.882. The first-order valence-electron chi connectivity index (χ1n) is 6.41. The van der Waals surface area contributed by atoms with E-state index in [-0.39, 0.29) is 5.82 Å². The maximum atomic E-state index is 13.0. The molecule has 0 bridgehead atoms. The van der Waals surface area contributed by atoms with Gasteiger partial charge in [-0.25, -0.2) is 4.39 Å². The average Bonchev–Trinajstić information content (AvgIpc) is 2.41. The van der Waals surface area contributed by atoms with Crippen LogP contribution in [0.1, 0.15) is 16.7 Å². The lowest BCUT2D eigenvalue weighted by Crippen LogP contribution is -2.06. The molecule has 2 rings (SSSR count). The fourth-order valence-corrected chi connectivity index (χ4v) is 2.34. The molecule has 0 aliphatic rings. The molecule has 106 valence electrons. The van der Waals surface area contributed by atoms with Gasteiger partial charge < -0.3 is 10.1 Å². The molecule has 0 aliphatic heterocycles. The Morgan fingerprint density at radius 2 is 1.95 bits per heavy atom. The number of halogens is 2. The zero-order valence-electron chi connectivity index (χ0n) is 11.5. The van der Waals surface area contributed by atoms with Crippen molar-refractivity contribution in [2.24, 2.45) is 0 Å². The Hall–Kier alpha value is -1.39. The lowest BCUT2D eigenvalue weighted by molar-refractivity contribution is 0.305. The molecule has 0 spiro atoms. The molecular formula is C16H17BrFNO. The van der Waals surface area contributed by atoms with Crippen LogP contribution in [-0.2, 0) is 13.2 Å². The van der Waals surface area contributed by atoms with E-state index in [0.29, 0.717) is 6.61 Å². The summed E-state index contributed by atoms with van der Waals surface area (Å²) in [5.41, 5.74) is 3.03. The van der Waals surface area contributed by atoms with Crippen molar-refractivity contribution in [3.8, 4) is 5.75 Å². The van der Waals surface area contributed by atoms with Crippen LogP contribution in [0.3, 0.4) is 0 Å². The topological polar surface area (TPSA) is 21.3 Å². The maximum absolute atomic E-state index is 13.0. The predicted molar refractivity (Wildman–Crippen MR) is 82.4 cm³/mol. The number of aryl methyl sites for hydroxylation is 1. The van der Waals surface area contributed by atoms with Gasteiger partial charge in [0.1, 0.15) is 18.2 Å². The van der Waals surface area contributed by atoms with Gasteiger partial charge in [-0.3, -0.25) is 0 Å².